The molecule has 0 radical (unpaired) electrons. The summed E-state index contributed by atoms with van der Waals surface area (Å²) in [6.45, 7) is 0.904. The summed E-state index contributed by atoms with van der Waals surface area (Å²) in [6, 6.07) is 6.00. The number of nitrogen functional groups attached to an aromatic ring is 1. The Morgan fingerprint density at radius 3 is 2.47 bits per heavy atom. The molecule has 0 atom stereocenters. The van der Waals surface area contributed by atoms with E-state index in [-0.39, 0.29) is 48.3 Å². The maximum Gasteiger partial charge on any atom is 0.380 e. The van der Waals surface area contributed by atoms with Gasteiger partial charge in [0, 0.05) is 30.5 Å². The SMILES string of the molecule is Nc1on[n+](N2CCN(S(=O)(=O)c3ccc(Cl)cc3)CC2)c1C(=O)c1cnccn1. The molecule has 0 amide bonds. The van der Waals surface area contributed by atoms with Crippen LogP contribution >= 0.6 is 11.6 Å². The van der Waals surface area contributed by atoms with Gasteiger partial charge in [-0.15, -0.1) is 5.01 Å². The molecule has 30 heavy (non-hydrogen) atoms. The molecule has 1 aliphatic rings. The number of nitrogens with two attached hydrogens (primary N) is 1. The van der Waals surface area contributed by atoms with E-state index in [4.69, 9.17) is 21.9 Å². The van der Waals surface area contributed by atoms with E-state index < -0.39 is 15.8 Å². The van der Waals surface area contributed by atoms with Crippen molar-refractivity contribution in [3.63, 3.8) is 0 Å². The molecule has 4 rings (SSSR count). The van der Waals surface area contributed by atoms with Crippen LogP contribution in [0.1, 0.15) is 16.2 Å². The van der Waals surface area contributed by atoms with Gasteiger partial charge in [-0.3, -0.25) is 14.3 Å². The molecule has 0 spiro atoms. The quantitative estimate of drug-likeness (QED) is 0.415. The normalized spacial score (nSPS) is 15.3. The first-order chi connectivity index (χ1) is 14.4. The first-order valence-corrected chi connectivity index (χ1v) is 10.7. The number of piperazine rings is 1. The summed E-state index contributed by atoms with van der Waals surface area (Å²) in [5.74, 6) is -0.667. The molecule has 0 unspecified atom stereocenters. The van der Waals surface area contributed by atoms with Crippen molar-refractivity contribution in [1.82, 2.24) is 19.5 Å². The van der Waals surface area contributed by atoms with Gasteiger partial charge in [-0.25, -0.2) is 13.4 Å². The number of hydrogen-bond donors (Lipinski definition) is 1. The Morgan fingerprint density at radius 2 is 1.83 bits per heavy atom. The highest BCUT2D eigenvalue weighted by atomic mass is 35.5. The lowest BCUT2D eigenvalue weighted by Gasteiger charge is -2.29. The topological polar surface area (TPSA) is 139 Å². The number of ketones is 1. The molecular formula is C17H17ClN7O4S+. The van der Waals surface area contributed by atoms with E-state index >= 15 is 0 Å². The number of aromatic nitrogens is 4. The van der Waals surface area contributed by atoms with Crippen LogP contribution in [0.4, 0.5) is 5.88 Å². The van der Waals surface area contributed by atoms with Crippen LogP contribution < -0.4 is 15.5 Å². The zero-order valence-electron chi connectivity index (χ0n) is 15.5. The fourth-order valence-electron chi connectivity index (χ4n) is 3.06. The van der Waals surface area contributed by atoms with Gasteiger partial charge in [0.05, 0.1) is 29.0 Å². The lowest BCUT2D eigenvalue weighted by Crippen LogP contribution is -2.68. The maximum atomic E-state index is 12.8. The van der Waals surface area contributed by atoms with E-state index in [1.54, 1.807) is 5.01 Å². The number of sulfonamides is 1. The summed E-state index contributed by atoms with van der Waals surface area (Å²) in [5.41, 5.74) is 5.90. The minimum absolute atomic E-state index is 0.00417. The Bertz CT molecular complexity index is 1160. The Labute approximate surface area is 176 Å². The number of benzene rings is 1. The molecule has 2 aromatic heterocycles. The molecule has 13 heteroatoms. The minimum Gasteiger partial charge on any atom is -0.361 e. The molecule has 156 valence electrons. The Kier molecular flexibility index (Phi) is 5.37. The van der Waals surface area contributed by atoms with Gasteiger partial charge in [0.25, 0.3) is 5.78 Å². The largest absolute Gasteiger partial charge is 0.380 e. The van der Waals surface area contributed by atoms with E-state index in [9.17, 15) is 13.2 Å². The summed E-state index contributed by atoms with van der Waals surface area (Å²) in [6.07, 6.45) is 4.15. The highest BCUT2D eigenvalue weighted by molar-refractivity contribution is 7.89. The first kappa shape index (κ1) is 20.2. The fraction of sp³-hybridized carbons (Fsp3) is 0.235. The second-order valence-electron chi connectivity index (χ2n) is 6.41. The van der Waals surface area contributed by atoms with E-state index in [0.29, 0.717) is 5.02 Å². The van der Waals surface area contributed by atoms with Crippen molar-refractivity contribution >= 4 is 33.3 Å². The Balaban J connectivity index is 1.53. The number of hydrogen-bond acceptors (Lipinski definition) is 9. The third kappa shape index (κ3) is 3.72. The molecular weight excluding hydrogens is 434 g/mol. The van der Waals surface area contributed by atoms with Crippen molar-refractivity contribution in [2.24, 2.45) is 0 Å². The molecule has 11 nitrogen and oxygen atoms in total. The van der Waals surface area contributed by atoms with E-state index in [2.05, 4.69) is 15.2 Å². The van der Waals surface area contributed by atoms with Crippen LogP contribution in [0.3, 0.4) is 0 Å². The van der Waals surface area contributed by atoms with Crippen LogP contribution in [0.25, 0.3) is 0 Å². The average molecular weight is 451 g/mol. The predicted molar refractivity (Wildman–Crippen MR) is 105 cm³/mol. The van der Waals surface area contributed by atoms with Gasteiger partial charge >= 0.3 is 11.6 Å². The number of carbonyl (C=O) groups excluding carboxylic acids is 1. The number of nitrogens with zero attached hydrogens (tertiary/aromatic N) is 6. The molecule has 3 heterocycles. The molecule has 3 aromatic rings. The predicted octanol–water partition coefficient (Wildman–Crippen LogP) is -0.139. The van der Waals surface area contributed by atoms with Crippen LogP contribution in [-0.2, 0) is 10.0 Å². The number of rotatable bonds is 5. The van der Waals surface area contributed by atoms with Gasteiger partial charge in [-0.05, 0) is 24.3 Å². The summed E-state index contributed by atoms with van der Waals surface area (Å²) < 4.78 is 32.0. The highest BCUT2D eigenvalue weighted by Gasteiger charge is 2.39. The molecule has 2 N–H and O–H groups in total. The summed E-state index contributed by atoms with van der Waals surface area (Å²) in [4.78, 5) is 22.1. The lowest BCUT2D eigenvalue weighted by atomic mass is 10.2. The molecule has 0 bridgehead atoms. The van der Waals surface area contributed by atoms with Crippen molar-refractivity contribution in [3.8, 4) is 0 Å². The van der Waals surface area contributed by atoms with Crippen molar-refractivity contribution in [3.05, 3.63) is 59.3 Å². The number of anilines is 1. The first-order valence-electron chi connectivity index (χ1n) is 8.87. The zero-order valence-corrected chi connectivity index (χ0v) is 17.1. The van der Waals surface area contributed by atoms with Gasteiger partial charge in [-0.2, -0.15) is 4.31 Å². The number of carbonyl (C=O) groups is 1. The van der Waals surface area contributed by atoms with Crippen LogP contribution in [0.5, 0.6) is 0 Å². The third-order valence-electron chi connectivity index (χ3n) is 4.60. The summed E-state index contributed by atoms with van der Waals surface area (Å²) in [7, 11) is -3.66. The van der Waals surface area contributed by atoms with Gasteiger partial charge in [-0.1, -0.05) is 11.6 Å². The monoisotopic (exact) mass is 450 g/mol. The van der Waals surface area contributed by atoms with Crippen molar-refractivity contribution < 1.29 is 22.5 Å². The highest BCUT2D eigenvalue weighted by Crippen LogP contribution is 2.19. The smallest absolute Gasteiger partial charge is 0.361 e. The van der Waals surface area contributed by atoms with Crippen LogP contribution in [-0.4, -0.2) is 59.9 Å². The molecule has 1 fully saturated rings. The maximum absolute atomic E-state index is 12.8. The molecule has 1 saturated heterocycles. The lowest BCUT2D eigenvalue weighted by molar-refractivity contribution is -0.760. The second kappa shape index (κ2) is 7.97. The fourth-order valence-corrected chi connectivity index (χ4v) is 4.61. The molecule has 1 aliphatic heterocycles. The number of halogens is 1. The van der Waals surface area contributed by atoms with E-state index in [1.807, 2.05) is 0 Å². The van der Waals surface area contributed by atoms with E-state index in [0.717, 1.165) is 0 Å². The van der Waals surface area contributed by atoms with Crippen LogP contribution in [0.2, 0.25) is 5.02 Å². The van der Waals surface area contributed by atoms with Gasteiger partial charge in [0.1, 0.15) is 5.69 Å². The van der Waals surface area contributed by atoms with Crippen LogP contribution in [0.15, 0.2) is 52.3 Å². The third-order valence-corrected chi connectivity index (χ3v) is 6.76. The minimum atomic E-state index is -3.66. The van der Waals surface area contributed by atoms with Crippen LogP contribution in [0, 0.1) is 0 Å². The van der Waals surface area contributed by atoms with E-state index in [1.165, 1.54) is 52.0 Å². The summed E-state index contributed by atoms with van der Waals surface area (Å²) in [5, 5.41) is 5.97. The van der Waals surface area contributed by atoms with Crippen molar-refractivity contribution in [2.75, 3.05) is 36.9 Å². The van der Waals surface area contributed by atoms with Crippen molar-refractivity contribution in [2.45, 2.75) is 4.90 Å². The Hall–Kier alpha value is -3.09. The summed E-state index contributed by atoms with van der Waals surface area (Å²) >= 11 is 5.84. The van der Waals surface area contributed by atoms with Gasteiger partial charge in [0.15, 0.2) is 0 Å². The van der Waals surface area contributed by atoms with Gasteiger partial charge < -0.3 is 5.73 Å². The zero-order chi connectivity index (χ0) is 21.3. The standard InChI is InChI=1S/C17H16ClN7O4S/c18-12-1-3-13(4-2-12)30(27,28)24-9-7-23(8-10-24)25-15(17(19)29-22-25)16(26)14-11-20-5-6-21-14/h1-6,11H,7-10H2,(H-,19,22,26)/p+1. The van der Waals surface area contributed by atoms with Gasteiger partial charge in [0.2, 0.25) is 15.3 Å². The second-order valence-corrected chi connectivity index (χ2v) is 8.78. The molecule has 1 aromatic carbocycles. The molecule has 0 saturated carbocycles. The van der Waals surface area contributed by atoms with Crippen molar-refractivity contribution in [1.29, 1.82) is 0 Å². The molecule has 0 aliphatic carbocycles. The average Bonchev–Trinajstić information content (AvgIpc) is 3.15. The Morgan fingerprint density at radius 1 is 1.13 bits per heavy atom.